The zero-order chi connectivity index (χ0) is 14.6. The van der Waals surface area contributed by atoms with Crippen molar-refractivity contribution in [2.45, 2.75) is 57.5 Å². The topological polar surface area (TPSA) is 69.6 Å². The molecule has 2 fully saturated rings. The molecule has 0 aromatic rings. The van der Waals surface area contributed by atoms with Gasteiger partial charge in [0.15, 0.2) is 0 Å². The Balaban J connectivity index is 1.88. The van der Waals surface area contributed by atoms with Gasteiger partial charge in [-0.25, -0.2) is 0 Å². The van der Waals surface area contributed by atoms with Crippen LogP contribution in [-0.2, 0) is 9.59 Å². The first-order valence-electron chi connectivity index (χ1n) is 7.82. The molecule has 1 aliphatic heterocycles. The van der Waals surface area contributed by atoms with E-state index in [1.54, 1.807) is 4.90 Å². The monoisotopic (exact) mass is 282 g/mol. The Labute approximate surface area is 120 Å². The van der Waals surface area contributed by atoms with E-state index < -0.39 is 5.60 Å². The molecular weight excluding hydrogens is 256 g/mol. The summed E-state index contributed by atoms with van der Waals surface area (Å²) in [5, 5.41) is 13.2. The van der Waals surface area contributed by atoms with Crippen LogP contribution in [0.2, 0.25) is 0 Å². The molecule has 1 aliphatic carbocycles. The molecule has 1 saturated heterocycles. The lowest BCUT2D eigenvalue weighted by Crippen LogP contribution is -2.47. The Morgan fingerprint density at radius 3 is 2.65 bits per heavy atom. The summed E-state index contributed by atoms with van der Waals surface area (Å²) in [5.41, 5.74) is -0.796. The third kappa shape index (κ3) is 3.72. The van der Waals surface area contributed by atoms with Crippen molar-refractivity contribution in [1.29, 1.82) is 0 Å². The fourth-order valence-corrected chi connectivity index (χ4v) is 3.34. The quantitative estimate of drug-likeness (QED) is 0.810. The predicted octanol–water partition coefficient (Wildman–Crippen LogP) is 1.06. The summed E-state index contributed by atoms with van der Waals surface area (Å²) in [4.78, 5) is 26.0. The van der Waals surface area contributed by atoms with Gasteiger partial charge in [0, 0.05) is 19.6 Å². The van der Waals surface area contributed by atoms with Crippen molar-refractivity contribution in [2.24, 2.45) is 5.92 Å². The molecule has 1 heterocycles. The fraction of sp³-hybridized carbons (Fsp3) is 0.867. The minimum Gasteiger partial charge on any atom is -0.389 e. The third-order valence-electron chi connectivity index (χ3n) is 4.51. The van der Waals surface area contributed by atoms with E-state index in [9.17, 15) is 14.7 Å². The fourth-order valence-electron chi connectivity index (χ4n) is 3.34. The van der Waals surface area contributed by atoms with Crippen LogP contribution >= 0.6 is 0 Å². The zero-order valence-electron chi connectivity index (χ0n) is 12.4. The minimum atomic E-state index is -0.796. The van der Waals surface area contributed by atoms with Crippen molar-refractivity contribution in [3.8, 4) is 0 Å². The molecule has 20 heavy (non-hydrogen) atoms. The second kappa shape index (κ2) is 6.57. The van der Waals surface area contributed by atoms with Crippen LogP contribution in [0.25, 0.3) is 0 Å². The van der Waals surface area contributed by atoms with E-state index in [4.69, 9.17) is 0 Å². The molecule has 5 heteroatoms. The van der Waals surface area contributed by atoms with Crippen LogP contribution in [0.15, 0.2) is 0 Å². The van der Waals surface area contributed by atoms with Crippen LogP contribution in [0.4, 0.5) is 0 Å². The van der Waals surface area contributed by atoms with Gasteiger partial charge in [0.1, 0.15) is 0 Å². The van der Waals surface area contributed by atoms with E-state index in [0.29, 0.717) is 19.6 Å². The van der Waals surface area contributed by atoms with Gasteiger partial charge in [-0.1, -0.05) is 12.8 Å². The Morgan fingerprint density at radius 2 is 2.00 bits per heavy atom. The van der Waals surface area contributed by atoms with Crippen molar-refractivity contribution < 1.29 is 14.7 Å². The average molecular weight is 282 g/mol. The molecule has 2 amide bonds. The Morgan fingerprint density at radius 1 is 1.30 bits per heavy atom. The highest BCUT2D eigenvalue weighted by atomic mass is 16.3. The number of carbonyl (C=O) groups is 2. The first kappa shape index (κ1) is 15.3. The molecule has 114 valence electrons. The van der Waals surface area contributed by atoms with Crippen LogP contribution in [0.3, 0.4) is 0 Å². The summed E-state index contributed by atoms with van der Waals surface area (Å²) in [5.74, 6) is -0.0427. The molecule has 0 radical (unpaired) electrons. The van der Waals surface area contributed by atoms with Crippen LogP contribution < -0.4 is 5.32 Å². The van der Waals surface area contributed by atoms with Crippen molar-refractivity contribution in [2.75, 3.05) is 19.6 Å². The molecule has 1 unspecified atom stereocenters. The second-order valence-corrected chi connectivity index (χ2v) is 6.18. The SMILES string of the molecule is CCNC(=O)C1CCCN(C(=O)CC2(O)CCCC2)C1. The van der Waals surface area contributed by atoms with Gasteiger partial charge in [0.25, 0.3) is 0 Å². The molecular formula is C15H26N2O3. The van der Waals surface area contributed by atoms with Crippen LogP contribution in [0.5, 0.6) is 0 Å². The summed E-state index contributed by atoms with van der Waals surface area (Å²) in [6, 6.07) is 0. The molecule has 1 atom stereocenters. The van der Waals surface area contributed by atoms with Crippen molar-refractivity contribution >= 4 is 11.8 Å². The van der Waals surface area contributed by atoms with E-state index in [1.807, 2.05) is 6.92 Å². The molecule has 0 aromatic heterocycles. The van der Waals surface area contributed by atoms with Gasteiger partial charge in [-0.2, -0.15) is 0 Å². The molecule has 2 rings (SSSR count). The first-order valence-corrected chi connectivity index (χ1v) is 7.82. The molecule has 0 spiro atoms. The van der Waals surface area contributed by atoms with Gasteiger partial charge in [-0.3, -0.25) is 9.59 Å². The van der Waals surface area contributed by atoms with Gasteiger partial charge >= 0.3 is 0 Å². The number of carbonyl (C=O) groups excluding carboxylic acids is 2. The van der Waals surface area contributed by atoms with Gasteiger partial charge in [0.2, 0.25) is 11.8 Å². The number of nitrogens with zero attached hydrogens (tertiary/aromatic N) is 1. The maximum atomic E-state index is 12.3. The van der Waals surface area contributed by atoms with Gasteiger partial charge in [-0.15, -0.1) is 0 Å². The Bertz CT molecular complexity index is 364. The van der Waals surface area contributed by atoms with Crippen molar-refractivity contribution in [1.82, 2.24) is 10.2 Å². The normalized spacial score (nSPS) is 25.5. The van der Waals surface area contributed by atoms with Gasteiger partial charge < -0.3 is 15.3 Å². The van der Waals surface area contributed by atoms with E-state index in [0.717, 1.165) is 38.5 Å². The van der Waals surface area contributed by atoms with Crippen molar-refractivity contribution in [3.05, 3.63) is 0 Å². The number of nitrogens with one attached hydrogen (secondary N) is 1. The number of rotatable bonds is 4. The molecule has 0 aromatic carbocycles. The highest BCUT2D eigenvalue weighted by molar-refractivity contribution is 5.81. The van der Waals surface area contributed by atoms with E-state index in [-0.39, 0.29) is 24.2 Å². The van der Waals surface area contributed by atoms with Crippen LogP contribution in [0.1, 0.15) is 51.9 Å². The number of likely N-dealkylation sites (tertiary alicyclic amines) is 1. The molecule has 2 aliphatic rings. The smallest absolute Gasteiger partial charge is 0.225 e. The standard InChI is InChI=1S/C15H26N2O3/c1-2-16-14(19)12-6-5-9-17(11-12)13(18)10-15(20)7-3-4-8-15/h12,20H,2-11H2,1H3,(H,16,19). The van der Waals surface area contributed by atoms with E-state index >= 15 is 0 Å². The number of amides is 2. The zero-order valence-corrected chi connectivity index (χ0v) is 12.4. The largest absolute Gasteiger partial charge is 0.389 e. The molecule has 2 N–H and O–H groups in total. The second-order valence-electron chi connectivity index (χ2n) is 6.18. The molecule has 1 saturated carbocycles. The highest BCUT2D eigenvalue weighted by Crippen LogP contribution is 2.33. The lowest BCUT2D eigenvalue weighted by molar-refractivity contribution is -0.139. The maximum absolute atomic E-state index is 12.3. The highest BCUT2D eigenvalue weighted by Gasteiger charge is 2.36. The summed E-state index contributed by atoms with van der Waals surface area (Å²) in [6.45, 7) is 3.74. The van der Waals surface area contributed by atoms with E-state index in [2.05, 4.69) is 5.32 Å². The molecule has 5 nitrogen and oxygen atoms in total. The first-order chi connectivity index (χ1) is 9.54. The Kier molecular flexibility index (Phi) is 5.02. The summed E-state index contributed by atoms with van der Waals surface area (Å²) >= 11 is 0. The summed E-state index contributed by atoms with van der Waals surface area (Å²) < 4.78 is 0. The lowest BCUT2D eigenvalue weighted by atomic mass is 9.94. The number of aliphatic hydroxyl groups is 1. The molecule has 0 bridgehead atoms. The Hall–Kier alpha value is -1.10. The van der Waals surface area contributed by atoms with Crippen molar-refractivity contribution in [3.63, 3.8) is 0 Å². The third-order valence-corrected chi connectivity index (χ3v) is 4.51. The van der Waals surface area contributed by atoms with Gasteiger partial charge in [0.05, 0.1) is 17.9 Å². The minimum absolute atomic E-state index is 0.00315. The van der Waals surface area contributed by atoms with Crippen LogP contribution in [-0.4, -0.2) is 47.1 Å². The number of hydrogen-bond acceptors (Lipinski definition) is 3. The summed E-state index contributed by atoms with van der Waals surface area (Å²) in [7, 11) is 0. The number of hydrogen-bond donors (Lipinski definition) is 2. The maximum Gasteiger partial charge on any atom is 0.225 e. The summed E-state index contributed by atoms with van der Waals surface area (Å²) in [6.07, 6.45) is 5.40. The van der Waals surface area contributed by atoms with Crippen LogP contribution in [0, 0.1) is 5.92 Å². The van der Waals surface area contributed by atoms with E-state index in [1.165, 1.54) is 0 Å². The van der Waals surface area contributed by atoms with Gasteiger partial charge in [-0.05, 0) is 32.6 Å². The average Bonchev–Trinajstić information content (AvgIpc) is 2.85. The predicted molar refractivity (Wildman–Crippen MR) is 76.0 cm³/mol. The number of piperidine rings is 1. The lowest BCUT2D eigenvalue weighted by Gasteiger charge is -2.34.